The molecule has 6 heteroatoms. The van der Waals surface area contributed by atoms with Crippen molar-refractivity contribution >= 4 is 11.8 Å². The molecule has 1 aromatic carbocycles. The molecule has 0 spiro atoms. The van der Waals surface area contributed by atoms with Gasteiger partial charge in [0.05, 0.1) is 17.6 Å². The lowest BCUT2D eigenvalue weighted by Crippen LogP contribution is -1.95. The van der Waals surface area contributed by atoms with E-state index in [1.165, 1.54) is 22.9 Å². The molecule has 0 amide bonds. The summed E-state index contributed by atoms with van der Waals surface area (Å²) in [5.74, 6) is -0.598. The highest BCUT2D eigenvalue weighted by atomic mass is 19.1. The van der Waals surface area contributed by atoms with Gasteiger partial charge in [-0.25, -0.2) is 13.9 Å². The zero-order valence-corrected chi connectivity index (χ0v) is 9.09. The number of aliphatic imine (C=N–C) groups is 1. The maximum atomic E-state index is 13.5. The second-order valence-electron chi connectivity index (χ2n) is 3.35. The van der Waals surface area contributed by atoms with E-state index in [4.69, 9.17) is 0 Å². The second kappa shape index (κ2) is 4.67. The Hall–Kier alpha value is -2.33. The van der Waals surface area contributed by atoms with Crippen molar-refractivity contribution in [3.8, 4) is 5.69 Å². The van der Waals surface area contributed by atoms with E-state index < -0.39 is 5.82 Å². The van der Waals surface area contributed by atoms with Crippen LogP contribution in [0.1, 0.15) is 12.6 Å². The zero-order valence-electron chi connectivity index (χ0n) is 9.09. The predicted octanol–water partition coefficient (Wildman–Crippen LogP) is 1.94. The first-order valence-corrected chi connectivity index (χ1v) is 5.03. The van der Waals surface area contributed by atoms with Crippen LogP contribution in [0.15, 0.2) is 29.4 Å². The molecular weight excluding hydrogens is 223 g/mol. The van der Waals surface area contributed by atoms with Crippen LogP contribution in [0.4, 0.5) is 10.1 Å². The van der Waals surface area contributed by atoms with Crippen LogP contribution >= 0.6 is 0 Å². The summed E-state index contributed by atoms with van der Waals surface area (Å²) in [6.45, 7) is 1.96. The molecule has 0 unspecified atom stereocenters. The molecule has 0 aliphatic carbocycles. The van der Waals surface area contributed by atoms with Crippen molar-refractivity contribution in [1.82, 2.24) is 15.0 Å². The van der Waals surface area contributed by atoms with Gasteiger partial charge in [0.1, 0.15) is 5.69 Å². The lowest BCUT2D eigenvalue weighted by molar-refractivity contribution is 0.564. The smallest absolute Gasteiger partial charge is 0.220 e. The van der Waals surface area contributed by atoms with Crippen LogP contribution in [0.5, 0.6) is 0 Å². The van der Waals surface area contributed by atoms with Gasteiger partial charge in [-0.05, 0) is 18.6 Å². The summed E-state index contributed by atoms with van der Waals surface area (Å²) in [7, 11) is 0. The maximum absolute atomic E-state index is 13.5. The Morgan fingerprint density at radius 3 is 2.94 bits per heavy atom. The standard InChI is InChI=1S/C11H9FN4O/c1-2-8-6-16(15-14-8)9-3-4-11(13-7-17)10(12)5-9/h3-6H,2H2,1H3. The van der Waals surface area contributed by atoms with Crippen LogP contribution in [0.25, 0.3) is 5.69 Å². The Kier molecular flexibility index (Phi) is 3.07. The molecule has 0 bridgehead atoms. The van der Waals surface area contributed by atoms with Crippen molar-refractivity contribution in [2.45, 2.75) is 13.3 Å². The minimum absolute atomic E-state index is 0.0421. The van der Waals surface area contributed by atoms with Gasteiger partial charge in [0.25, 0.3) is 0 Å². The molecule has 0 aliphatic heterocycles. The summed E-state index contributed by atoms with van der Waals surface area (Å²) in [6.07, 6.45) is 3.78. The van der Waals surface area contributed by atoms with Crippen LogP contribution in [-0.4, -0.2) is 21.1 Å². The van der Waals surface area contributed by atoms with Crippen molar-refractivity contribution in [2.24, 2.45) is 4.99 Å². The summed E-state index contributed by atoms with van der Waals surface area (Å²) in [5, 5.41) is 7.77. The second-order valence-corrected chi connectivity index (χ2v) is 3.35. The summed E-state index contributed by atoms with van der Waals surface area (Å²) in [4.78, 5) is 13.3. The van der Waals surface area contributed by atoms with Crippen molar-refractivity contribution in [3.63, 3.8) is 0 Å². The highest BCUT2D eigenvalue weighted by molar-refractivity contribution is 5.52. The van der Waals surface area contributed by atoms with Gasteiger partial charge in [0, 0.05) is 6.07 Å². The van der Waals surface area contributed by atoms with Gasteiger partial charge in [-0.15, -0.1) is 5.10 Å². The molecule has 1 heterocycles. The monoisotopic (exact) mass is 232 g/mol. The molecule has 2 aromatic rings. The molecule has 17 heavy (non-hydrogen) atoms. The number of carbonyl (C=O) groups excluding carboxylic acids is 1. The zero-order chi connectivity index (χ0) is 12.3. The summed E-state index contributed by atoms with van der Waals surface area (Å²) >= 11 is 0. The molecule has 0 fully saturated rings. The molecular formula is C11H9FN4O. The molecule has 5 nitrogen and oxygen atoms in total. The average molecular weight is 232 g/mol. The molecule has 0 saturated carbocycles. The van der Waals surface area contributed by atoms with Crippen molar-refractivity contribution in [2.75, 3.05) is 0 Å². The maximum Gasteiger partial charge on any atom is 0.240 e. The first kappa shape index (κ1) is 11.2. The Labute approximate surface area is 96.6 Å². The van der Waals surface area contributed by atoms with Crippen LogP contribution in [0, 0.1) is 5.82 Å². The number of nitrogens with zero attached hydrogens (tertiary/aromatic N) is 4. The van der Waals surface area contributed by atoms with Crippen molar-refractivity contribution < 1.29 is 9.18 Å². The average Bonchev–Trinajstić information content (AvgIpc) is 2.80. The molecule has 0 N–H and O–H groups in total. The van der Waals surface area contributed by atoms with E-state index in [2.05, 4.69) is 15.3 Å². The van der Waals surface area contributed by atoms with Gasteiger partial charge in [-0.2, -0.15) is 4.99 Å². The third-order valence-electron chi connectivity index (χ3n) is 2.26. The largest absolute Gasteiger partial charge is 0.240 e. The first-order valence-electron chi connectivity index (χ1n) is 5.03. The summed E-state index contributed by atoms with van der Waals surface area (Å²) in [6, 6.07) is 4.24. The van der Waals surface area contributed by atoms with E-state index in [0.717, 1.165) is 12.1 Å². The Morgan fingerprint density at radius 2 is 2.35 bits per heavy atom. The van der Waals surface area contributed by atoms with Crippen molar-refractivity contribution in [1.29, 1.82) is 0 Å². The number of isocyanates is 1. The van der Waals surface area contributed by atoms with E-state index in [1.807, 2.05) is 6.92 Å². The van der Waals surface area contributed by atoms with E-state index >= 15 is 0 Å². The van der Waals surface area contributed by atoms with E-state index in [-0.39, 0.29) is 5.69 Å². The molecule has 0 aliphatic rings. The predicted molar refractivity (Wildman–Crippen MR) is 58.5 cm³/mol. The lowest BCUT2D eigenvalue weighted by Gasteiger charge is -2.01. The SMILES string of the molecule is CCc1cn(-c2ccc(N=C=O)c(F)c2)nn1. The highest BCUT2D eigenvalue weighted by Gasteiger charge is 2.06. The molecule has 0 radical (unpaired) electrons. The summed E-state index contributed by atoms with van der Waals surface area (Å²) < 4.78 is 14.9. The third-order valence-corrected chi connectivity index (χ3v) is 2.26. The Morgan fingerprint density at radius 1 is 1.53 bits per heavy atom. The Balaban J connectivity index is 2.40. The van der Waals surface area contributed by atoms with Gasteiger partial charge < -0.3 is 0 Å². The van der Waals surface area contributed by atoms with Gasteiger partial charge in [0.15, 0.2) is 5.82 Å². The van der Waals surface area contributed by atoms with E-state index in [9.17, 15) is 9.18 Å². The van der Waals surface area contributed by atoms with Crippen LogP contribution < -0.4 is 0 Å². The van der Waals surface area contributed by atoms with E-state index in [1.54, 1.807) is 12.3 Å². The molecule has 2 rings (SSSR count). The lowest BCUT2D eigenvalue weighted by atomic mass is 10.2. The third kappa shape index (κ3) is 2.26. The van der Waals surface area contributed by atoms with Gasteiger partial charge in [-0.1, -0.05) is 12.1 Å². The number of aryl methyl sites for hydroxylation is 1. The molecule has 0 atom stereocenters. The first-order chi connectivity index (χ1) is 8.24. The molecule has 86 valence electrons. The fourth-order valence-corrected chi connectivity index (χ4v) is 1.36. The number of aromatic nitrogens is 3. The van der Waals surface area contributed by atoms with Gasteiger partial charge in [-0.3, -0.25) is 0 Å². The van der Waals surface area contributed by atoms with Gasteiger partial charge in [0.2, 0.25) is 6.08 Å². The van der Waals surface area contributed by atoms with Crippen molar-refractivity contribution in [3.05, 3.63) is 35.9 Å². The van der Waals surface area contributed by atoms with Crippen LogP contribution in [0.3, 0.4) is 0 Å². The number of benzene rings is 1. The number of hydrogen-bond acceptors (Lipinski definition) is 4. The van der Waals surface area contributed by atoms with Crippen LogP contribution in [-0.2, 0) is 11.2 Å². The minimum Gasteiger partial charge on any atom is -0.220 e. The van der Waals surface area contributed by atoms with Crippen LogP contribution in [0.2, 0.25) is 0 Å². The number of hydrogen-bond donors (Lipinski definition) is 0. The fraction of sp³-hybridized carbons (Fsp3) is 0.182. The quantitative estimate of drug-likeness (QED) is 0.600. The highest BCUT2D eigenvalue weighted by Crippen LogP contribution is 2.20. The van der Waals surface area contributed by atoms with Gasteiger partial charge >= 0.3 is 0 Å². The normalized spacial score (nSPS) is 10.0. The fourth-order valence-electron chi connectivity index (χ4n) is 1.36. The van der Waals surface area contributed by atoms with E-state index in [0.29, 0.717) is 5.69 Å². The Bertz CT molecular complexity index is 587. The topological polar surface area (TPSA) is 60.1 Å². The molecule has 0 saturated heterocycles. The summed E-state index contributed by atoms with van der Waals surface area (Å²) in [5.41, 5.74) is 1.31. The minimum atomic E-state index is -0.598. The number of halogens is 1. The molecule has 1 aromatic heterocycles. The number of rotatable bonds is 3.